The van der Waals surface area contributed by atoms with Crippen molar-refractivity contribution in [3.63, 3.8) is 0 Å². The number of nitrogens with zero attached hydrogens (tertiary/aromatic N) is 1. The molecule has 3 rings (SSSR count). The van der Waals surface area contributed by atoms with Gasteiger partial charge in [0.15, 0.2) is 5.96 Å². The number of hydrogen-bond donors (Lipinski definition) is 3. The maximum Gasteiger partial charge on any atom is 0.191 e. The zero-order chi connectivity index (χ0) is 15.2. The molecule has 0 amide bonds. The summed E-state index contributed by atoms with van der Waals surface area (Å²) in [6.07, 6.45) is 0. The van der Waals surface area contributed by atoms with E-state index in [0.717, 1.165) is 23.7 Å². The fourth-order valence-corrected chi connectivity index (χ4v) is 2.41. The fourth-order valence-electron chi connectivity index (χ4n) is 2.41. The van der Waals surface area contributed by atoms with E-state index in [1.165, 1.54) is 10.9 Å². The fraction of sp³-hybridized carbons (Fsp3) is 0.167. The number of nitrogens with one attached hydrogen (secondary N) is 3. The Hall–Kier alpha value is -2.75. The Bertz CT molecular complexity index is 726. The Labute approximate surface area is 130 Å². The second-order valence-corrected chi connectivity index (χ2v) is 5.15. The van der Waals surface area contributed by atoms with Gasteiger partial charge in [-0.3, -0.25) is 4.99 Å². The van der Waals surface area contributed by atoms with Crippen molar-refractivity contribution in [2.75, 3.05) is 7.05 Å². The molecule has 0 atom stereocenters. The van der Waals surface area contributed by atoms with Crippen LogP contribution in [-0.2, 0) is 13.1 Å². The van der Waals surface area contributed by atoms with Crippen molar-refractivity contribution in [2.45, 2.75) is 13.1 Å². The predicted octanol–water partition coefficient (Wildman–Crippen LogP) is 3.03. The number of para-hydroxylation sites is 1. The molecule has 0 spiro atoms. The van der Waals surface area contributed by atoms with Crippen LogP contribution in [0.25, 0.3) is 10.9 Å². The van der Waals surface area contributed by atoms with Gasteiger partial charge in [-0.05, 0) is 23.1 Å². The number of aliphatic imine (C=N–C) groups is 1. The summed E-state index contributed by atoms with van der Waals surface area (Å²) in [6.45, 7) is 1.47. The molecule has 4 nitrogen and oxygen atoms in total. The highest BCUT2D eigenvalue weighted by Crippen LogP contribution is 2.14. The van der Waals surface area contributed by atoms with Crippen molar-refractivity contribution < 1.29 is 0 Å². The highest BCUT2D eigenvalue weighted by molar-refractivity contribution is 5.81. The van der Waals surface area contributed by atoms with Gasteiger partial charge in [-0.1, -0.05) is 48.5 Å². The lowest BCUT2D eigenvalue weighted by molar-refractivity contribution is 0.799. The highest BCUT2D eigenvalue weighted by atomic mass is 15.2. The van der Waals surface area contributed by atoms with Crippen LogP contribution in [0.15, 0.2) is 65.7 Å². The highest BCUT2D eigenvalue weighted by Gasteiger charge is 2.02. The van der Waals surface area contributed by atoms with Crippen LogP contribution in [0.1, 0.15) is 11.3 Å². The van der Waals surface area contributed by atoms with Crippen LogP contribution in [0.3, 0.4) is 0 Å². The molecule has 1 aromatic heterocycles. The molecule has 4 heteroatoms. The van der Waals surface area contributed by atoms with Crippen molar-refractivity contribution in [3.05, 3.63) is 71.9 Å². The van der Waals surface area contributed by atoms with Gasteiger partial charge in [0.1, 0.15) is 0 Å². The second kappa shape index (κ2) is 6.80. The average Bonchev–Trinajstić information content (AvgIpc) is 2.99. The molecule has 0 radical (unpaired) electrons. The van der Waals surface area contributed by atoms with E-state index in [2.05, 4.69) is 50.9 Å². The molecule has 3 N–H and O–H groups in total. The number of benzene rings is 2. The number of aromatic nitrogens is 1. The summed E-state index contributed by atoms with van der Waals surface area (Å²) < 4.78 is 0. The third kappa shape index (κ3) is 3.47. The maximum absolute atomic E-state index is 4.25. The molecule has 0 fully saturated rings. The minimum atomic E-state index is 0.711. The lowest BCUT2D eigenvalue weighted by atomic mass is 10.2. The van der Waals surface area contributed by atoms with E-state index < -0.39 is 0 Å². The van der Waals surface area contributed by atoms with Crippen LogP contribution in [-0.4, -0.2) is 18.0 Å². The molecule has 3 aromatic rings. The maximum atomic E-state index is 4.25. The van der Waals surface area contributed by atoms with Crippen molar-refractivity contribution in [3.8, 4) is 0 Å². The zero-order valence-electron chi connectivity index (χ0n) is 12.6. The normalized spacial score (nSPS) is 11.6. The van der Waals surface area contributed by atoms with E-state index in [0.29, 0.717) is 6.54 Å². The Morgan fingerprint density at radius 2 is 1.68 bits per heavy atom. The third-order valence-electron chi connectivity index (χ3n) is 3.56. The number of H-pyrrole nitrogens is 1. The first-order valence-electron chi connectivity index (χ1n) is 7.40. The molecular weight excluding hydrogens is 272 g/mol. The van der Waals surface area contributed by atoms with Gasteiger partial charge in [0.05, 0.1) is 6.54 Å². The van der Waals surface area contributed by atoms with Crippen molar-refractivity contribution in [1.29, 1.82) is 0 Å². The van der Waals surface area contributed by atoms with Gasteiger partial charge in [0.25, 0.3) is 0 Å². The van der Waals surface area contributed by atoms with E-state index in [9.17, 15) is 0 Å². The standard InChI is InChI=1S/C18H20N4/c1-19-18(20-12-14-7-3-2-4-8-14)21-13-16-11-15-9-5-6-10-17(15)22-16/h2-11,22H,12-13H2,1H3,(H2,19,20,21). The summed E-state index contributed by atoms with van der Waals surface area (Å²) in [4.78, 5) is 7.66. The molecule has 2 aromatic carbocycles. The topological polar surface area (TPSA) is 52.2 Å². The number of hydrogen-bond acceptors (Lipinski definition) is 1. The minimum absolute atomic E-state index is 0.711. The molecule has 112 valence electrons. The molecule has 0 aliphatic carbocycles. The van der Waals surface area contributed by atoms with Gasteiger partial charge < -0.3 is 15.6 Å². The molecule has 0 aliphatic heterocycles. The Morgan fingerprint density at radius 3 is 2.45 bits per heavy atom. The summed E-state index contributed by atoms with van der Waals surface area (Å²) in [6, 6.07) is 20.7. The first-order chi connectivity index (χ1) is 10.8. The van der Waals surface area contributed by atoms with Crippen LogP contribution in [0.2, 0.25) is 0 Å². The van der Waals surface area contributed by atoms with Gasteiger partial charge in [-0.15, -0.1) is 0 Å². The minimum Gasteiger partial charge on any atom is -0.357 e. The third-order valence-corrected chi connectivity index (χ3v) is 3.56. The van der Waals surface area contributed by atoms with Crippen LogP contribution < -0.4 is 10.6 Å². The summed E-state index contributed by atoms with van der Waals surface area (Å²) in [5, 5.41) is 7.87. The molecular formula is C18H20N4. The van der Waals surface area contributed by atoms with E-state index in [4.69, 9.17) is 0 Å². The van der Waals surface area contributed by atoms with E-state index in [-0.39, 0.29) is 0 Å². The van der Waals surface area contributed by atoms with Gasteiger partial charge >= 0.3 is 0 Å². The van der Waals surface area contributed by atoms with Crippen LogP contribution in [0.4, 0.5) is 0 Å². The first kappa shape index (κ1) is 14.2. The number of guanidine groups is 1. The van der Waals surface area contributed by atoms with Crippen LogP contribution in [0.5, 0.6) is 0 Å². The van der Waals surface area contributed by atoms with Gasteiger partial charge in [0, 0.05) is 24.8 Å². The van der Waals surface area contributed by atoms with Gasteiger partial charge in [-0.25, -0.2) is 0 Å². The summed E-state index contributed by atoms with van der Waals surface area (Å²) >= 11 is 0. The smallest absolute Gasteiger partial charge is 0.191 e. The van der Waals surface area contributed by atoms with Crippen molar-refractivity contribution >= 4 is 16.9 Å². The summed E-state index contributed by atoms with van der Waals surface area (Å²) in [5.41, 5.74) is 3.53. The monoisotopic (exact) mass is 292 g/mol. The predicted molar refractivity (Wildman–Crippen MR) is 91.8 cm³/mol. The van der Waals surface area contributed by atoms with Gasteiger partial charge in [-0.2, -0.15) is 0 Å². The molecule has 0 bridgehead atoms. The lowest BCUT2D eigenvalue weighted by Crippen LogP contribution is -2.36. The summed E-state index contributed by atoms with van der Waals surface area (Å²) in [5.74, 6) is 0.794. The van der Waals surface area contributed by atoms with E-state index in [1.807, 2.05) is 30.3 Å². The molecule has 0 saturated heterocycles. The molecule has 0 aliphatic rings. The molecule has 0 saturated carbocycles. The van der Waals surface area contributed by atoms with Crippen molar-refractivity contribution in [1.82, 2.24) is 15.6 Å². The first-order valence-corrected chi connectivity index (χ1v) is 7.40. The molecule has 22 heavy (non-hydrogen) atoms. The van der Waals surface area contributed by atoms with E-state index >= 15 is 0 Å². The lowest BCUT2D eigenvalue weighted by Gasteiger charge is -2.11. The molecule has 1 heterocycles. The SMILES string of the molecule is CN=C(NCc1ccccc1)NCc1cc2ccccc2[nH]1. The number of aromatic amines is 1. The largest absolute Gasteiger partial charge is 0.357 e. The Kier molecular flexibility index (Phi) is 4.39. The Balaban J connectivity index is 1.56. The summed E-state index contributed by atoms with van der Waals surface area (Å²) in [7, 11) is 1.78. The van der Waals surface area contributed by atoms with E-state index in [1.54, 1.807) is 7.05 Å². The quantitative estimate of drug-likeness (QED) is 0.511. The van der Waals surface area contributed by atoms with Crippen molar-refractivity contribution in [2.24, 2.45) is 4.99 Å². The van der Waals surface area contributed by atoms with Crippen LogP contribution >= 0.6 is 0 Å². The number of fused-ring (bicyclic) bond motifs is 1. The Morgan fingerprint density at radius 1 is 0.955 bits per heavy atom. The average molecular weight is 292 g/mol. The number of rotatable bonds is 4. The molecule has 0 unspecified atom stereocenters. The zero-order valence-corrected chi connectivity index (χ0v) is 12.6. The van der Waals surface area contributed by atoms with Gasteiger partial charge in [0.2, 0.25) is 0 Å². The second-order valence-electron chi connectivity index (χ2n) is 5.15. The van der Waals surface area contributed by atoms with Crippen LogP contribution in [0, 0.1) is 0 Å².